The van der Waals surface area contributed by atoms with E-state index in [1.165, 1.54) is 18.4 Å². The van der Waals surface area contributed by atoms with Crippen LogP contribution in [0, 0.1) is 0 Å². The van der Waals surface area contributed by atoms with E-state index in [9.17, 15) is 9.59 Å². The van der Waals surface area contributed by atoms with Crippen molar-refractivity contribution in [1.82, 2.24) is 5.32 Å². The summed E-state index contributed by atoms with van der Waals surface area (Å²) in [5, 5.41) is 10.3. The number of ether oxygens (including phenoxy) is 3. The highest BCUT2D eigenvalue weighted by Crippen LogP contribution is 2.32. The van der Waals surface area contributed by atoms with Gasteiger partial charge in [-0.05, 0) is 54.0 Å². The van der Waals surface area contributed by atoms with Crippen LogP contribution in [0.2, 0.25) is 0 Å². The van der Waals surface area contributed by atoms with Crippen molar-refractivity contribution in [3.05, 3.63) is 64.4 Å². The van der Waals surface area contributed by atoms with E-state index in [-0.39, 0.29) is 23.7 Å². The summed E-state index contributed by atoms with van der Waals surface area (Å²) in [6, 6.07) is 13.5. The van der Waals surface area contributed by atoms with Gasteiger partial charge in [0.2, 0.25) is 6.79 Å². The van der Waals surface area contributed by atoms with Gasteiger partial charge >= 0.3 is 0 Å². The fourth-order valence-corrected chi connectivity index (χ4v) is 3.67. The first kappa shape index (κ1) is 20.6. The number of thiophene rings is 1. The van der Waals surface area contributed by atoms with Crippen LogP contribution in [0.5, 0.6) is 17.2 Å². The predicted octanol–water partition coefficient (Wildman–Crippen LogP) is 3.86. The van der Waals surface area contributed by atoms with Crippen molar-refractivity contribution >= 4 is 51.9 Å². The van der Waals surface area contributed by atoms with Gasteiger partial charge in [-0.2, -0.15) is 0 Å². The van der Waals surface area contributed by atoms with Crippen molar-refractivity contribution in [2.45, 2.75) is 0 Å². The number of anilines is 2. The number of carbonyl (C=O) groups excluding carboxylic acids is 2. The minimum Gasteiger partial charge on any atom is -0.494 e. The number of carbonyl (C=O) groups is 2. The van der Waals surface area contributed by atoms with Crippen LogP contribution in [0.15, 0.2) is 53.9 Å². The number of methoxy groups -OCH3 is 1. The lowest BCUT2D eigenvalue weighted by Crippen LogP contribution is -2.34. The molecule has 31 heavy (non-hydrogen) atoms. The van der Waals surface area contributed by atoms with E-state index in [1.54, 1.807) is 42.5 Å². The molecule has 10 heteroatoms. The second-order valence-electron chi connectivity index (χ2n) is 6.32. The van der Waals surface area contributed by atoms with Crippen molar-refractivity contribution in [3.8, 4) is 17.2 Å². The Kier molecular flexibility index (Phi) is 6.01. The van der Waals surface area contributed by atoms with Gasteiger partial charge in [0.25, 0.3) is 11.8 Å². The van der Waals surface area contributed by atoms with Crippen LogP contribution in [0.1, 0.15) is 20.0 Å². The Morgan fingerprint density at radius 1 is 1.03 bits per heavy atom. The molecule has 8 nitrogen and oxygen atoms in total. The van der Waals surface area contributed by atoms with Crippen molar-refractivity contribution in [2.24, 2.45) is 0 Å². The minimum absolute atomic E-state index is 0.111. The topological polar surface area (TPSA) is 97.9 Å². The predicted molar refractivity (Wildman–Crippen MR) is 122 cm³/mol. The maximum Gasteiger partial charge on any atom is 0.265 e. The van der Waals surface area contributed by atoms with E-state index in [2.05, 4.69) is 16.0 Å². The molecule has 0 unspecified atom stereocenters. The fraction of sp³-hybridized carbons (Fsp3) is 0.0952. The van der Waals surface area contributed by atoms with Crippen LogP contribution in [0.25, 0.3) is 0 Å². The Morgan fingerprint density at radius 2 is 1.87 bits per heavy atom. The normalized spacial score (nSPS) is 11.5. The van der Waals surface area contributed by atoms with Gasteiger partial charge in [-0.1, -0.05) is 6.07 Å². The van der Waals surface area contributed by atoms with E-state index < -0.39 is 0 Å². The molecule has 2 amide bonds. The third kappa shape index (κ3) is 4.76. The van der Waals surface area contributed by atoms with Crippen molar-refractivity contribution in [1.29, 1.82) is 0 Å². The van der Waals surface area contributed by atoms with Gasteiger partial charge in [0.1, 0.15) is 5.75 Å². The maximum absolute atomic E-state index is 12.5. The number of benzene rings is 2. The first-order valence-corrected chi connectivity index (χ1v) is 10.4. The zero-order valence-electron chi connectivity index (χ0n) is 16.3. The summed E-state index contributed by atoms with van der Waals surface area (Å²) in [4.78, 5) is 25.3. The molecule has 1 aliphatic rings. The number of thiocarbonyl (C=S) groups is 1. The van der Waals surface area contributed by atoms with E-state index in [1.807, 2.05) is 11.4 Å². The SMILES string of the molecule is COc1cc(NC(=S)NC(=O)c2ccc3c(c2)OCO3)ccc1NC(=O)c1cccs1. The number of hydrogen-bond acceptors (Lipinski definition) is 7. The third-order valence-electron chi connectivity index (χ3n) is 4.31. The molecule has 2 heterocycles. The average Bonchev–Trinajstić information content (AvgIpc) is 3.46. The smallest absolute Gasteiger partial charge is 0.265 e. The van der Waals surface area contributed by atoms with Crippen LogP contribution < -0.4 is 30.2 Å². The molecule has 3 aromatic rings. The van der Waals surface area contributed by atoms with Crippen LogP contribution in [-0.2, 0) is 0 Å². The van der Waals surface area contributed by atoms with E-state index in [4.69, 9.17) is 26.4 Å². The highest BCUT2D eigenvalue weighted by Gasteiger charge is 2.17. The highest BCUT2D eigenvalue weighted by atomic mass is 32.1. The number of nitrogens with one attached hydrogen (secondary N) is 3. The van der Waals surface area contributed by atoms with Gasteiger partial charge in [0.15, 0.2) is 16.6 Å². The molecule has 0 atom stereocenters. The molecule has 0 radical (unpaired) electrons. The molecule has 0 saturated carbocycles. The van der Waals surface area contributed by atoms with Crippen LogP contribution >= 0.6 is 23.6 Å². The first-order chi connectivity index (χ1) is 15.0. The standard InChI is InChI=1S/C21H17N3O5S2/c1-27-16-10-13(5-6-14(16)23-20(26)18-3-2-8-31-18)22-21(30)24-19(25)12-4-7-15-17(9-12)29-11-28-15/h2-10H,11H2,1H3,(H,23,26)(H2,22,24,25,30). The molecule has 1 aliphatic heterocycles. The van der Waals surface area contributed by atoms with Crippen LogP contribution in [-0.4, -0.2) is 30.8 Å². The third-order valence-corrected chi connectivity index (χ3v) is 5.39. The van der Waals surface area contributed by atoms with Crippen molar-refractivity contribution < 1.29 is 23.8 Å². The Balaban J connectivity index is 1.39. The summed E-state index contributed by atoms with van der Waals surface area (Å²) in [5.74, 6) is 0.940. The number of amides is 2. The van der Waals surface area contributed by atoms with Crippen molar-refractivity contribution in [3.63, 3.8) is 0 Å². The summed E-state index contributed by atoms with van der Waals surface area (Å²) >= 11 is 6.59. The average molecular weight is 456 g/mol. The van der Waals surface area contributed by atoms with Gasteiger partial charge in [0, 0.05) is 17.3 Å². The molecule has 0 spiro atoms. The molecular formula is C21H17N3O5S2. The van der Waals surface area contributed by atoms with Gasteiger partial charge in [-0.15, -0.1) is 11.3 Å². The molecule has 0 bridgehead atoms. The van der Waals surface area contributed by atoms with Gasteiger partial charge in [0.05, 0.1) is 17.7 Å². The lowest BCUT2D eigenvalue weighted by molar-refractivity contribution is 0.0976. The molecule has 2 aromatic carbocycles. The maximum atomic E-state index is 12.5. The van der Waals surface area contributed by atoms with Gasteiger partial charge < -0.3 is 24.8 Å². The van der Waals surface area contributed by atoms with E-state index >= 15 is 0 Å². The number of hydrogen-bond donors (Lipinski definition) is 3. The second-order valence-corrected chi connectivity index (χ2v) is 7.68. The Labute approximate surface area is 187 Å². The lowest BCUT2D eigenvalue weighted by atomic mass is 10.2. The summed E-state index contributed by atoms with van der Waals surface area (Å²) in [6.45, 7) is 0.131. The number of fused-ring (bicyclic) bond motifs is 1. The largest absolute Gasteiger partial charge is 0.494 e. The molecule has 3 N–H and O–H groups in total. The highest BCUT2D eigenvalue weighted by molar-refractivity contribution is 7.80. The minimum atomic E-state index is -0.386. The molecular weight excluding hydrogens is 438 g/mol. The monoisotopic (exact) mass is 455 g/mol. The Bertz CT molecular complexity index is 1150. The van der Waals surface area contributed by atoms with Crippen LogP contribution in [0.4, 0.5) is 11.4 Å². The summed E-state index contributed by atoms with van der Waals surface area (Å²) in [5.41, 5.74) is 1.49. The number of rotatable bonds is 5. The van der Waals surface area contributed by atoms with Crippen molar-refractivity contribution in [2.75, 3.05) is 24.5 Å². The molecule has 158 valence electrons. The Hall–Kier alpha value is -3.63. The fourth-order valence-electron chi connectivity index (χ4n) is 2.84. The zero-order chi connectivity index (χ0) is 21.8. The Morgan fingerprint density at radius 3 is 2.65 bits per heavy atom. The molecule has 0 aliphatic carbocycles. The molecule has 0 saturated heterocycles. The quantitative estimate of drug-likeness (QED) is 0.503. The zero-order valence-corrected chi connectivity index (χ0v) is 17.9. The van der Waals surface area contributed by atoms with Gasteiger partial charge in [-0.3, -0.25) is 14.9 Å². The van der Waals surface area contributed by atoms with Crippen LogP contribution in [0.3, 0.4) is 0 Å². The first-order valence-electron chi connectivity index (χ1n) is 9.08. The molecule has 1 aromatic heterocycles. The summed E-state index contributed by atoms with van der Waals surface area (Å²) < 4.78 is 15.9. The lowest BCUT2D eigenvalue weighted by Gasteiger charge is -2.14. The summed E-state index contributed by atoms with van der Waals surface area (Å²) in [6.07, 6.45) is 0. The van der Waals surface area contributed by atoms with E-state index in [0.717, 1.165) is 0 Å². The molecule has 4 rings (SSSR count). The summed E-state index contributed by atoms with van der Waals surface area (Å²) in [7, 11) is 1.50. The molecule has 0 fully saturated rings. The second kappa shape index (κ2) is 9.02. The van der Waals surface area contributed by atoms with Gasteiger partial charge in [-0.25, -0.2) is 0 Å². The van der Waals surface area contributed by atoms with E-state index in [0.29, 0.717) is 39.1 Å².